The topological polar surface area (TPSA) is 0 Å². The average molecular weight is 248 g/mol. The second-order valence-corrected chi connectivity index (χ2v) is 5.88. The van der Waals surface area contributed by atoms with Gasteiger partial charge in [0.1, 0.15) is 0 Å². The van der Waals surface area contributed by atoms with Gasteiger partial charge in [-0.3, -0.25) is 0 Å². The van der Waals surface area contributed by atoms with Crippen molar-refractivity contribution in [1.29, 1.82) is 0 Å². The van der Waals surface area contributed by atoms with Crippen LogP contribution in [0.4, 0.5) is 0 Å². The molecule has 0 spiro atoms. The van der Waals surface area contributed by atoms with E-state index in [1.807, 2.05) is 11.3 Å². The van der Waals surface area contributed by atoms with E-state index in [-0.39, 0.29) is 0 Å². The summed E-state index contributed by atoms with van der Waals surface area (Å²) in [5.41, 5.74) is 1.32. The first-order valence-corrected chi connectivity index (χ1v) is 6.94. The van der Waals surface area contributed by atoms with E-state index in [1.54, 1.807) is 0 Å². The summed E-state index contributed by atoms with van der Waals surface area (Å²) in [7, 11) is 0. The maximum absolute atomic E-state index is 2.32. The minimum Gasteiger partial charge on any atom is -0.135 e. The van der Waals surface area contributed by atoms with E-state index in [9.17, 15) is 0 Å². The number of thiophene rings is 1. The highest BCUT2D eigenvalue weighted by Gasteiger charge is 2.05. The predicted octanol–water partition coefficient (Wildman–Crippen LogP) is 5.52. The van der Waals surface area contributed by atoms with Crippen LogP contribution in [0.2, 0.25) is 0 Å². The molecular formula is C17H12S. The first kappa shape index (κ1) is 10.1. The number of fused-ring (bicyclic) bond motifs is 4. The molecule has 0 N–H and O–H groups in total. The van der Waals surface area contributed by atoms with Gasteiger partial charge in [0.25, 0.3) is 0 Å². The highest BCUT2D eigenvalue weighted by Crippen LogP contribution is 2.36. The van der Waals surface area contributed by atoms with Crippen molar-refractivity contribution in [3.63, 3.8) is 0 Å². The zero-order valence-electron chi connectivity index (χ0n) is 10.1. The Labute approximate surface area is 109 Å². The van der Waals surface area contributed by atoms with E-state index in [0.717, 1.165) is 0 Å². The monoisotopic (exact) mass is 248 g/mol. The molecule has 18 heavy (non-hydrogen) atoms. The van der Waals surface area contributed by atoms with Gasteiger partial charge >= 0.3 is 0 Å². The molecule has 0 atom stereocenters. The second kappa shape index (κ2) is 3.56. The van der Waals surface area contributed by atoms with Crippen molar-refractivity contribution >= 4 is 42.3 Å². The highest BCUT2D eigenvalue weighted by molar-refractivity contribution is 7.25. The number of hydrogen-bond donors (Lipinski definition) is 0. The number of benzene rings is 3. The molecule has 4 aromatic rings. The van der Waals surface area contributed by atoms with Crippen LogP contribution in [0.25, 0.3) is 30.9 Å². The Morgan fingerprint density at radius 2 is 1.61 bits per heavy atom. The van der Waals surface area contributed by atoms with Gasteiger partial charge < -0.3 is 0 Å². The van der Waals surface area contributed by atoms with Gasteiger partial charge in [-0.05, 0) is 35.9 Å². The molecule has 0 saturated heterocycles. The number of rotatable bonds is 0. The third-order valence-electron chi connectivity index (χ3n) is 3.49. The molecule has 0 radical (unpaired) electrons. The fourth-order valence-corrected chi connectivity index (χ4v) is 3.72. The molecule has 0 unspecified atom stereocenters. The van der Waals surface area contributed by atoms with Gasteiger partial charge in [-0.15, -0.1) is 11.3 Å². The smallest absolute Gasteiger partial charge is 0.0361 e. The van der Waals surface area contributed by atoms with Crippen LogP contribution in [0.3, 0.4) is 0 Å². The van der Waals surface area contributed by atoms with E-state index in [2.05, 4.69) is 61.5 Å². The van der Waals surface area contributed by atoms with Gasteiger partial charge in [0, 0.05) is 20.2 Å². The van der Waals surface area contributed by atoms with Crippen molar-refractivity contribution in [1.82, 2.24) is 0 Å². The molecule has 1 heteroatoms. The summed E-state index contributed by atoms with van der Waals surface area (Å²) in [6.45, 7) is 2.15. The Kier molecular flexibility index (Phi) is 2.00. The molecule has 0 amide bonds. The molecule has 0 nitrogen and oxygen atoms in total. The SMILES string of the molecule is Cc1ccc2cc3c(cc2c1)sc1ccccc13. The standard InChI is InChI=1S/C17H12S/c1-11-6-7-12-9-15-14-4-2-3-5-16(14)18-17(15)10-13(12)8-11/h2-10H,1H3. The zero-order chi connectivity index (χ0) is 12.1. The van der Waals surface area contributed by atoms with E-state index in [0.29, 0.717) is 0 Å². The molecule has 0 fully saturated rings. The van der Waals surface area contributed by atoms with Crippen LogP contribution in [-0.4, -0.2) is 0 Å². The van der Waals surface area contributed by atoms with E-state index in [4.69, 9.17) is 0 Å². The molecule has 1 aromatic heterocycles. The Morgan fingerprint density at radius 1 is 0.722 bits per heavy atom. The molecular weight excluding hydrogens is 236 g/mol. The van der Waals surface area contributed by atoms with Crippen molar-refractivity contribution in [2.24, 2.45) is 0 Å². The molecule has 0 aliphatic heterocycles. The van der Waals surface area contributed by atoms with Crippen molar-refractivity contribution in [3.8, 4) is 0 Å². The van der Waals surface area contributed by atoms with Crippen LogP contribution in [0.1, 0.15) is 5.56 Å². The van der Waals surface area contributed by atoms with Crippen LogP contribution in [0.5, 0.6) is 0 Å². The normalized spacial score (nSPS) is 11.6. The Bertz CT molecular complexity index is 884. The molecule has 0 bridgehead atoms. The molecule has 0 saturated carbocycles. The first-order chi connectivity index (χ1) is 8.81. The largest absolute Gasteiger partial charge is 0.135 e. The van der Waals surface area contributed by atoms with Crippen LogP contribution < -0.4 is 0 Å². The summed E-state index contributed by atoms with van der Waals surface area (Å²) >= 11 is 1.88. The number of aryl methyl sites for hydroxylation is 1. The lowest BCUT2D eigenvalue weighted by Gasteiger charge is -2.00. The lowest BCUT2D eigenvalue weighted by atomic mass is 10.0. The van der Waals surface area contributed by atoms with Gasteiger partial charge in [0.15, 0.2) is 0 Å². The summed E-state index contributed by atoms with van der Waals surface area (Å²) in [5, 5.41) is 5.43. The van der Waals surface area contributed by atoms with E-state index in [1.165, 1.54) is 36.5 Å². The van der Waals surface area contributed by atoms with E-state index < -0.39 is 0 Å². The Hall–Kier alpha value is -1.86. The van der Waals surface area contributed by atoms with Crippen LogP contribution in [-0.2, 0) is 0 Å². The minimum atomic E-state index is 1.32. The first-order valence-electron chi connectivity index (χ1n) is 6.13. The summed E-state index contributed by atoms with van der Waals surface area (Å²) in [4.78, 5) is 0. The van der Waals surface area contributed by atoms with Crippen molar-refractivity contribution < 1.29 is 0 Å². The van der Waals surface area contributed by atoms with Crippen LogP contribution >= 0.6 is 11.3 Å². The molecule has 0 aliphatic carbocycles. The van der Waals surface area contributed by atoms with Crippen LogP contribution in [0, 0.1) is 6.92 Å². The summed E-state index contributed by atoms with van der Waals surface area (Å²) in [6, 6.07) is 20.0. The van der Waals surface area contributed by atoms with Crippen molar-refractivity contribution in [3.05, 3.63) is 60.2 Å². The van der Waals surface area contributed by atoms with Gasteiger partial charge in [0.05, 0.1) is 0 Å². The third kappa shape index (κ3) is 1.37. The summed E-state index contributed by atoms with van der Waals surface area (Å²) in [6.07, 6.45) is 0. The van der Waals surface area contributed by atoms with Gasteiger partial charge in [0.2, 0.25) is 0 Å². The number of hydrogen-bond acceptors (Lipinski definition) is 1. The van der Waals surface area contributed by atoms with Gasteiger partial charge in [-0.25, -0.2) is 0 Å². The molecule has 0 aliphatic rings. The Balaban J connectivity index is 2.23. The highest BCUT2D eigenvalue weighted by atomic mass is 32.1. The fourth-order valence-electron chi connectivity index (χ4n) is 2.59. The second-order valence-electron chi connectivity index (χ2n) is 4.80. The zero-order valence-corrected chi connectivity index (χ0v) is 10.9. The molecule has 86 valence electrons. The maximum Gasteiger partial charge on any atom is 0.0361 e. The Morgan fingerprint density at radius 3 is 2.56 bits per heavy atom. The maximum atomic E-state index is 2.32. The predicted molar refractivity (Wildman–Crippen MR) is 81.6 cm³/mol. The lowest BCUT2D eigenvalue weighted by Crippen LogP contribution is -1.75. The van der Waals surface area contributed by atoms with Crippen molar-refractivity contribution in [2.45, 2.75) is 6.92 Å². The average Bonchev–Trinajstić information content (AvgIpc) is 2.73. The minimum absolute atomic E-state index is 1.32. The fraction of sp³-hybridized carbons (Fsp3) is 0.0588. The van der Waals surface area contributed by atoms with Crippen LogP contribution in [0.15, 0.2) is 54.6 Å². The van der Waals surface area contributed by atoms with Crippen molar-refractivity contribution in [2.75, 3.05) is 0 Å². The van der Waals surface area contributed by atoms with Gasteiger partial charge in [-0.1, -0.05) is 42.0 Å². The van der Waals surface area contributed by atoms with E-state index >= 15 is 0 Å². The third-order valence-corrected chi connectivity index (χ3v) is 4.62. The summed E-state index contributed by atoms with van der Waals surface area (Å²) in [5.74, 6) is 0. The summed E-state index contributed by atoms with van der Waals surface area (Å²) < 4.78 is 2.76. The molecule has 3 aromatic carbocycles. The molecule has 4 rings (SSSR count). The molecule has 1 heterocycles. The lowest BCUT2D eigenvalue weighted by molar-refractivity contribution is 1.51. The van der Waals surface area contributed by atoms with Gasteiger partial charge in [-0.2, -0.15) is 0 Å². The quantitative estimate of drug-likeness (QED) is 0.384.